The molecule has 5 nitrogen and oxygen atoms in total. The van der Waals surface area contributed by atoms with Gasteiger partial charge in [0.1, 0.15) is 0 Å². The van der Waals surface area contributed by atoms with Crippen molar-refractivity contribution in [3.63, 3.8) is 0 Å². The highest BCUT2D eigenvalue weighted by Gasteiger charge is 2.27. The first kappa shape index (κ1) is 16.3. The molecule has 0 unspecified atom stereocenters. The van der Waals surface area contributed by atoms with E-state index in [1.54, 1.807) is 4.90 Å². The quantitative estimate of drug-likeness (QED) is 0.898. The van der Waals surface area contributed by atoms with E-state index in [0.717, 1.165) is 16.8 Å². The van der Waals surface area contributed by atoms with Crippen LogP contribution in [0.2, 0.25) is 0 Å². The van der Waals surface area contributed by atoms with Crippen molar-refractivity contribution in [3.8, 4) is 0 Å². The Hall–Kier alpha value is -2.04. The van der Waals surface area contributed by atoms with Gasteiger partial charge in [-0.1, -0.05) is 32.0 Å². The molecule has 2 amide bonds. The van der Waals surface area contributed by atoms with Gasteiger partial charge in [-0.3, -0.25) is 4.79 Å². The summed E-state index contributed by atoms with van der Waals surface area (Å²) in [5.74, 6) is -0.761. The maximum atomic E-state index is 12.4. The number of para-hydroxylation sites is 1. The Morgan fingerprint density at radius 1 is 1.27 bits per heavy atom. The maximum Gasteiger partial charge on any atom is 0.321 e. The summed E-state index contributed by atoms with van der Waals surface area (Å²) in [5, 5.41) is 12.0. The number of nitrogens with zero attached hydrogens (tertiary/aromatic N) is 1. The number of carboxylic acid groups (broad SMARTS) is 1. The van der Waals surface area contributed by atoms with Crippen molar-refractivity contribution in [2.24, 2.45) is 5.92 Å². The topological polar surface area (TPSA) is 69.6 Å². The molecule has 0 bridgehead atoms. The van der Waals surface area contributed by atoms with Crippen LogP contribution in [0.3, 0.4) is 0 Å². The highest BCUT2D eigenvalue weighted by molar-refractivity contribution is 5.91. The fraction of sp³-hybridized carbons (Fsp3) is 0.529. The molecule has 5 heteroatoms. The molecule has 1 aliphatic rings. The number of anilines is 1. The van der Waals surface area contributed by atoms with Crippen LogP contribution in [0.5, 0.6) is 0 Å². The molecule has 1 saturated heterocycles. The van der Waals surface area contributed by atoms with Gasteiger partial charge in [-0.15, -0.1) is 0 Å². The first-order valence-electron chi connectivity index (χ1n) is 7.78. The number of amides is 2. The number of nitrogens with one attached hydrogen (secondary N) is 1. The van der Waals surface area contributed by atoms with E-state index in [4.69, 9.17) is 5.11 Å². The molecule has 0 radical (unpaired) electrons. The van der Waals surface area contributed by atoms with E-state index >= 15 is 0 Å². The predicted octanol–water partition coefficient (Wildman–Crippen LogP) is 3.45. The number of rotatable bonds is 3. The number of hydrogen-bond donors (Lipinski definition) is 2. The molecule has 120 valence electrons. The molecule has 0 spiro atoms. The number of carbonyl (C=O) groups is 2. The number of likely N-dealkylation sites (tertiary alicyclic amines) is 1. The molecule has 22 heavy (non-hydrogen) atoms. The minimum atomic E-state index is -0.763. The molecule has 0 saturated carbocycles. The number of aryl methyl sites for hydroxylation is 1. The number of carbonyl (C=O) groups excluding carboxylic acids is 1. The number of piperidine rings is 1. The lowest BCUT2D eigenvalue weighted by atomic mass is 9.97. The zero-order valence-electron chi connectivity index (χ0n) is 13.4. The SMILES string of the molecule is Cc1cccc(C(C)C)c1NC(=O)N1CCC(C(=O)O)CC1. The molecule has 1 aromatic rings. The molecule has 1 heterocycles. The lowest BCUT2D eigenvalue weighted by Crippen LogP contribution is -2.42. The normalized spacial score (nSPS) is 15.9. The van der Waals surface area contributed by atoms with E-state index in [-0.39, 0.29) is 11.9 Å². The largest absolute Gasteiger partial charge is 0.481 e. The van der Waals surface area contributed by atoms with Gasteiger partial charge in [-0.2, -0.15) is 0 Å². The Morgan fingerprint density at radius 3 is 2.45 bits per heavy atom. The third-order valence-corrected chi connectivity index (χ3v) is 4.29. The Morgan fingerprint density at radius 2 is 1.91 bits per heavy atom. The van der Waals surface area contributed by atoms with E-state index in [2.05, 4.69) is 19.2 Å². The fourth-order valence-corrected chi connectivity index (χ4v) is 2.86. The summed E-state index contributed by atoms with van der Waals surface area (Å²) in [6.45, 7) is 7.17. The molecule has 1 aliphatic heterocycles. The van der Waals surface area contributed by atoms with Crippen molar-refractivity contribution in [2.45, 2.75) is 39.5 Å². The zero-order chi connectivity index (χ0) is 16.3. The molecule has 0 aromatic heterocycles. The van der Waals surface area contributed by atoms with E-state index in [0.29, 0.717) is 31.8 Å². The lowest BCUT2D eigenvalue weighted by molar-refractivity contribution is -0.143. The number of benzene rings is 1. The molecular weight excluding hydrogens is 280 g/mol. The highest BCUT2D eigenvalue weighted by atomic mass is 16.4. The van der Waals surface area contributed by atoms with Crippen LogP contribution in [0.25, 0.3) is 0 Å². The second kappa shape index (κ2) is 6.81. The summed E-state index contributed by atoms with van der Waals surface area (Å²) in [5.41, 5.74) is 3.04. The Kier molecular flexibility index (Phi) is 5.06. The third kappa shape index (κ3) is 3.59. The number of hydrogen-bond acceptors (Lipinski definition) is 2. The molecule has 0 atom stereocenters. The Labute approximate surface area is 131 Å². The van der Waals surface area contributed by atoms with E-state index < -0.39 is 5.97 Å². The van der Waals surface area contributed by atoms with Gasteiger partial charge >= 0.3 is 12.0 Å². The summed E-state index contributed by atoms with van der Waals surface area (Å²) in [6, 6.07) is 5.88. The molecular formula is C17H24N2O3. The van der Waals surface area contributed by atoms with Crippen molar-refractivity contribution in [1.82, 2.24) is 4.90 Å². The Bertz CT molecular complexity index is 561. The van der Waals surface area contributed by atoms with Crippen LogP contribution in [-0.4, -0.2) is 35.1 Å². The van der Waals surface area contributed by atoms with E-state index in [9.17, 15) is 9.59 Å². The number of urea groups is 1. The van der Waals surface area contributed by atoms with Crippen molar-refractivity contribution in [1.29, 1.82) is 0 Å². The number of carboxylic acids is 1. The molecule has 1 fully saturated rings. The van der Waals surface area contributed by atoms with Gasteiger partial charge in [0.25, 0.3) is 0 Å². The summed E-state index contributed by atoms with van der Waals surface area (Å²) in [6.07, 6.45) is 1.04. The summed E-state index contributed by atoms with van der Waals surface area (Å²) >= 11 is 0. The van der Waals surface area contributed by atoms with Crippen molar-refractivity contribution >= 4 is 17.7 Å². The smallest absolute Gasteiger partial charge is 0.321 e. The van der Waals surface area contributed by atoms with Gasteiger partial charge in [0.15, 0.2) is 0 Å². The van der Waals surface area contributed by atoms with Crippen molar-refractivity contribution < 1.29 is 14.7 Å². The predicted molar refractivity (Wildman–Crippen MR) is 86.2 cm³/mol. The lowest BCUT2D eigenvalue weighted by Gasteiger charge is -2.30. The van der Waals surface area contributed by atoms with Crippen molar-refractivity contribution in [3.05, 3.63) is 29.3 Å². The first-order valence-corrected chi connectivity index (χ1v) is 7.78. The molecule has 2 N–H and O–H groups in total. The fourth-order valence-electron chi connectivity index (χ4n) is 2.86. The van der Waals surface area contributed by atoms with Gasteiger partial charge in [-0.25, -0.2) is 4.79 Å². The van der Waals surface area contributed by atoms with Gasteiger partial charge < -0.3 is 15.3 Å². The van der Waals surface area contributed by atoms with Crippen LogP contribution in [0.4, 0.5) is 10.5 Å². The third-order valence-electron chi connectivity index (χ3n) is 4.29. The number of aliphatic carboxylic acids is 1. The molecule has 2 rings (SSSR count). The van der Waals surface area contributed by atoms with E-state index in [1.807, 2.05) is 25.1 Å². The first-order chi connectivity index (χ1) is 10.4. The maximum absolute atomic E-state index is 12.4. The van der Waals surface area contributed by atoms with Gasteiger partial charge in [0.2, 0.25) is 0 Å². The van der Waals surface area contributed by atoms with Crippen LogP contribution < -0.4 is 5.32 Å². The van der Waals surface area contributed by atoms with E-state index in [1.165, 1.54) is 0 Å². The average Bonchev–Trinajstić information content (AvgIpc) is 2.49. The minimum Gasteiger partial charge on any atom is -0.481 e. The van der Waals surface area contributed by atoms with Crippen LogP contribution in [-0.2, 0) is 4.79 Å². The van der Waals surface area contributed by atoms with Crippen LogP contribution >= 0.6 is 0 Å². The monoisotopic (exact) mass is 304 g/mol. The highest BCUT2D eigenvalue weighted by Crippen LogP contribution is 2.28. The van der Waals surface area contributed by atoms with Crippen molar-refractivity contribution in [2.75, 3.05) is 18.4 Å². The van der Waals surface area contributed by atoms with Crippen LogP contribution in [0.1, 0.15) is 43.7 Å². The second-order valence-electron chi connectivity index (χ2n) is 6.22. The summed E-state index contributed by atoms with van der Waals surface area (Å²) < 4.78 is 0. The van der Waals surface area contributed by atoms with Gasteiger partial charge in [0.05, 0.1) is 5.92 Å². The average molecular weight is 304 g/mol. The molecule has 1 aromatic carbocycles. The summed E-state index contributed by atoms with van der Waals surface area (Å²) in [7, 11) is 0. The van der Waals surface area contributed by atoms with Crippen LogP contribution in [0, 0.1) is 12.8 Å². The zero-order valence-corrected chi connectivity index (χ0v) is 13.4. The van der Waals surface area contributed by atoms with Crippen LogP contribution in [0.15, 0.2) is 18.2 Å². The standard InChI is InChI=1S/C17H24N2O3/c1-11(2)14-6-4-5-12(3)15(14)18-17(22)19-9-7-13(8-10-19)16(20)21/h4-6,11,13H,7-10H2,1-3H3,(H,18,22)(H,20,21). The second-order valence-corrected chi connectivity index (χ2v) is 6.22. The van der Waals surface area contributed by atoms with Gasteiger partial charge in [-0.05, 0) is 36.8 Å². The minimum absolute atomic E-state index is 0.139. The molecule has 0 aliphatic carbocycles. The summed E-state index contributed by atoms with van der Waals surface area (Å²) in [4.78, 5) is 25.1. The Balaban J connectivity index is 2.06. The van der Waals surface area contributed by atoms with Gasteiger partial charge in [0, 0.05) is 18.8 Å².